The summed E-state index contributed by atoms with van der Waals surface area (Å²) >= 11 is 1.18. The number of aryl methyl sites for hydroxylation is 1. The lowest BCUT2D eigenvalue weighted by molar-refractivity contribution is -0.130. The van der Waals surface area contributed by atoms with Crippen LogP contribution in [0.2, 0.25) is 0 Å². The first-order chi connectivity index (χ1) is 12.5. The third-order valence-corrected chi connectivity index (χ3v) is 5.18. The Bertz CT molecular complexity index is 821. The first kappa shape index (κ1) is 18.2. The number of carbonyl (C=O) groups excluding carboxylic acids is 2. The Labute approximate surface area is 155 Å². The fourth-order valence-electron chi connectivity index (χ4n) is 2.83. The maximum absolute atomic E-state index is 12.5. The van der Waals surface area contributed by atoms with Crippen LogP contribution in [0.3, 0.4) is 0 Å². The molecule has 3 rings (SSSR count). The standard InChI is InChI=1S/C18H21N3O4S/c1-10-15(17(19-3)26-21-10)18(23)25-11(2)16(22)20-13-8-9-24-14-7-5-4-6-12(13)14/h4-7,11,13,19H,8-9H2,1-3H3,(H,20,22)/t11-,13-/m1/s1. The van der Waals surface area contributed by atoms with Crippen molar-refractivity contribution in [2.75, 3.05) is 19.0 Å². The van der Waals surface area contributed by atoms with Gasteiger partial charge in [-0.1, -0.05) is 18.2 Å². The van der Waals surface area contributed by atoms with Crippen molar-refractivity contribution in [1.82, 2.24) is 9.69 Å². The monoisotopic (exact) mass is 375 g/mol. The molecule has 7 nitrogen and oxygen atoms in total. The van der Waals surface area contributed by atoms with Gasteiger partial charge in [0, 0.05) is 19.0 Å². The van der Waals surface area contributed by atoms with Crippen LogP contribution in [0.15, 0.2) is 24.3 Å². The number of nitrogens with zero attached hydrogens (tertiary/aromatic N) is 1. The van der Waals surface area contributed by atoms with Crippen molar-refractivity contribution < 1.29 is 19.1 Å². The number of benzene rings is 1. The van der Waals surface area contributed by atoms with Crippen LogP contribution in [0.5, 0.6) is 5.75 Å². The smallest absolute Gasteiger partial charge is 0.343 e. The van der Waals surface area contributed by atoms with E-state index in [-0.39, 0.29) is 11.9 Å². The number of anilines is 1. The van der Waals surface area contributed by atoms with Crippen LogP contribution in [-0.2, 0) is 9.53 Å². The van der Waals surface area contributed by atoms with E-state index in [0.29, 0.717) is 29.3 Å². The van der Waals surface area contributed by atoms with E-state index in [9.17, 15) is 9.59 Å². The van der Waals surface area contributed by atoms with Crippen molar-refractivity contribution in [2.24, 2.45) is 0 Å². The van der Waals surface area contributed by atoms with Gasteiger partial charge in [0.2, 0.25) is 0 Å². The van der Waals surface area contributed by atoms with E-state index in [1.807, 2.05) is 24.3 Å². The molecular formula is C18H21N3O4S. The van der Waals surface area contributed by atoms with Crippen LogP contribution in [0.25, 0.3) is 0 Å². The van der Waals surface area contributed by atoms with E-state index in [1.165, 1.54) is 11.5 Å². The highest BCUT2D eigenvalue weighted by atomic mass is 32.1. The second-order valence-corrected chi connectivity index (χ2v) is 6.78. The summed E-state index contributed by atoms with van der Waals surface area (Å²) in [6.45, 7) is 3.83. The van der Waals surface area contributed by atoms with Gasteiger partial charge in [-0.2, -0.15) is 4.37 Å². The number of rotatable bonds is 5. The van der Waals surface area contributed by atoms with Gasteiger partial charge >= 0.3 is 5.97 Å². The van der Waals surface area contributed by atoms with Crippen molar-refractivity contribution in [2.45, 2.75) is 32.4 Å². The third kappa shape index (κ3) is 3.65. The molecule has 2 N–H and O–H groups in total. The lowest BCUT2D eigenvalue weighted by Crippen LogP contribution is -2.39. The zero-order chi connectivity index (χ0) is 18.7. The minimum absolute atomic E-state index is 0.161. The highest BCUT2D eigenvalue weighted by molar-refractivity contribution is 7.10. The summed E-state index contributed by atoms with van der Waals surface area (Å²) in [5.41, 5.74) is 1.88. The zero-order valence-electron chi connectivity index (χ0n) is 14.9. The molecular weight excluding hydrogens is 354 g/mol. The largest absolute Gasteiger partial charge is 0.493 e. The van der Waals surface area contributed by atoms with E-state index in [0.717, 1.165) is 11.3 Å². The van der Waals surface area contributed by atoms with Gasteiger partial charge < -0.3 is 20.1 Å². The first-order valence-corrected chi connectivity index (χ1v) is 9.15. The molecule has 1 amide bonds. The second-order valence-electron chi connectivity index (χ2n) is 6.01. The van der Waals surface area contributed by atoms with Gasteiger partial charge in [-0.05, 0) is 31.4 Å². The highest BCUT2D eigenvalue weighted by Gasteiger charge is 2.28. The molecule has 1 aromatic carbocycles. The molecule has 0 saturated heterocycles. The van der Waals surface area contributed by atoms with Gasteiger partial charge in [0.1, 0.15) is 16.3 Å². The Morgan fingerprint density at radius 1 is 1.38 bits per heavy atom. The van der Waals surface area contributed by atoms with Crippen molar-refractivity contribution in [3.05, 3.63) is 41.1 Å². The van der Waals surface area contributed by atoms with Crippen LogP contribution >= 0.6 is 11.5 Å². The van der Waals surface area contributed by atoms with Crippen molar-refractivity contribution >= 4 is 28.4 Å². The molecule has 1 aliphatic rings. The quantitative estimate of drug-likeness (QED) is 0.781. The van der Waals surface area contributed by atoms with Gasteiger partial charge in [0.05, 0.1) is 18.3 Å². The molecule has 0 bridgehead atoms. The summed E-state index contributed by atoms with van der Waals surface area (Å²) in [5, 5.41) is 6.48. The number of fused-ring (bicyclic) bond motifs is 1. The van der Waals surface area contributed by atoms with Crippen LogP contribution in [-0.4, -0.2) is 36.0 Å². The first-order valence-electron chi connectivity index (χ1n) is 8.38. The number of amides is 1. The Morgan fingerprint density at radius 2 is 2.15 bits per heavy atom. The van der Waals surface area contributed by atoms with E-state index < -0.39 is 12.1 Å². The number of ether oxygens (including phenoxy) is 2. The summed E-state index contributed by atoms with van der Waals surface area (Å²) < 4.78 is 15.1. The molecule has 8 heteroatoms. The lowest BCUT2D eigenvalue weighted by Gasteiger charge is -2.27. The van der Waals surface area contributed by atoms with E-state index >= 15 is 0 Å². The summed E-state index contributed by atoms with van der Waals surface area (Å²) in [5.74, 6) is -0.130. The number of aromatic nitrogens is 1. The Morgan fingerprint density at radius 3 is 2.92 bits per heavy atom. The zero-order valence-corrected chi connectivity index (χ0v) is 15.7. The SMILES string of the molecule is CNc1snc(C)c1C(=O)O[C@H](C)C(=O)N[C@@H]1CCOc2ccccc21. The predicted molar refractivity (Wildman–Crippen MR) is 98.7 cm³/mol. The molecule has 2 atom stereocenters. The lowest BCUT2D eigenvalue weighted by atomic mass is 10.0. The minimum atomic E-state index is -0.915. The second kappa shape index (κ2) is 7.74. The minimum Gasteiger partial charge on any atom is -0.493 e. The normalized spacial score (nSPS) is 16.8. The summed E-state index contributed by atoms with van der Waals surface area (Å²) in [6, 6.07) is 7.44. The molecule has 26 heavy (non-hydrogen) atoms. The predicted octanol–water partition coefficient (Wildman–Crippen LogP) is 2.68. The molecule has 0 spiro atoms. The average Bonchev–Trinajstić information content (AvgIpc) is 3.02. The Balaban J connectivity index is 1.66. The Hall–Kier alpha value is -2.61. The summed E-state index contributed by atoms with van der Waals surface area (Å²) in [6.07, 6.45) is -0.248. The Kier molecular flexibility index (Phi) is 5.41. The molecule has 0 radical (unpaired) electrons. The number of esters is 1. The molecule has 2 heterocycles. The van der Waals surface area contributed by atoms with Crippen molar-refractivity contribution in [3.63, 3.8) is 0 Å². The van der Waals surface area contributed by atoms with Gasteiger partial charge in [-0.15, -0.1) is 0 Å². The van der Waals surface area contributed by atoms with Gasteiger partial charge in [-0.3, -0.25) is 4.79 Å². The number of para-hydroxylation sites is 1. The van der Waals surface area contributed by atoms with Crippen LogP contribution in [0, 0.1) is 6.92 Å². The van der Waals surface area contributed by atoms with E-state index in [2.05, 4.69) is 15.0 Å². The van der Waals surface area contributed by atoms with Crippen molar-refractivity contribution in [1.29, 1.82) is 0 Å². The number of carbonyl (C=O) groups is 2. The van der Waals surface area contributed by atoms with Gasteiger partial charge in [0.15, 0.2) is 6.10 Å². The molecule has 0 fully saturated rings. The number of hydrogen-bond acceptors (Lipinski definition) is 7. The molecule has 138 valence electrons. The van der Waals surface area contributed by atoms with E-state index in [4.69, 9.17) is 9.47 Å². The molecule has 0 aliphatic carbocycles. The molecule has 2 aromatic rings. The van der Waals surface area contributed by atoms with Gasteiger partial charge in [0.25, 0.3) is 5.91 Å². The fourth-order valence-corrected chi connectivity index (χ4v) is 3.57. The van der Waals surface area contributed by atoms with Gasteiger partial charge in [-0.25, -0.2) is 4.79 Å². The average molecular weight is 375 g/mol. The summed E-state index contributed by atoms with van der Waals surface area (Å²) in [4.78, 5) is 24.9. The van der Waals surface area contributed by atoms with E-state index in [1.54, 1.807) is 20.9 Å². The fraction of sp³-hybridized carbons (Fsp3) is 0.389. The van der Waals surface area contributed by atoms with Crippen molar-refractivity contribution in [3.8, 4) is 5.75 Å². The molecule has 0 unspecified atom stereocenters. The van der Waals surface area contributed by atoms with Crippen LogP contribution in [0.4, 0.5) is 5.00 Å². The molecule has 1 aromatic heterocycles. The molecule has 0 saturated carbocycles. The van der Waals surface area contributed by atoms with Crippen LogP contribution in [0.1, 0.15) is 41.0 Å². The maximum atomic E-state index is 12.5. The maximum Gasteiger partial charge on any atom is 0.343 e. The highest BCUT2D eigenvalue weighted by Crippen LogP contribution is 2.31. The summed E-state index contributed by atoms with van der Waals surface area (Å²) in [7, 11) is 1.71. The number of hydrogen-bond donors (Lipinski definition) is 2. The topological polar surface area (TPSA) is 89.5 Å². The number of nitrogens with one attached hydrogen (secondary N) is 2. The molecule has 1 aliphatic heterocycles. The van der Waals surface area contributed by atoms with Crippen LogP contribution < -0.4 is 15.4 Å². The third-order valence-electron chi connectivity index (χ3n) is 4.22.